The summed E-state index contributed by atoms with van der Waals surface area (Å²) in [4.78, 5) is 0. The summed E-state index contributed by atoms with van der Waals surface area (Å²) in [6.07, 6.45) is 9.40. The molecule has 8 rings (SSSR count). The van der Waals surface area contributed by atoms with Gasteiger partial charge in [0.15, 0.2) is 0 Å². The molecule has 0 heterocycles. The molecule has 0 nitrogen and oxygen atoms in total. The van der Waals surface area contributed by atoms with Gasteiger partial charge in [0.2, 0.25) is 6.71 Å². The Morgan fingerprint density at radius 3 is 1.90 bits per heavy atom. The van der Waals surface area contributed by atoms with Gasteiger partial charge in [0.25, 0.3) is 0 Å². The molecule has 0 radical (unpaired) electrons. The van der Waals surface area contributed by atoms with Crippen molar-refractivity contribution in [3.8, 4) is 11.1 Å². The minimum atomic E-state index is -0.227. The van der Waals surface area contributed by atoms with Gasteiger partial charge in [-0.3, -0.25) is 0 Å². The Hall–Kier alpha value is -4.36. The van der Waals surface area contributed by atoms with E-state index >= 15 is 0 Å². The Morgan fingerprint density at radius 2 is 1.15 bits per heavy atom. The highest BCUT2D eigenvalue weighted by Crippen LogP contribution is 2.70. The molecule has 0 N–H and O–H groups in total. The van der Waals surface area contributed by atoms with Crippen molar-refractivity contribution in [3.63, 3.8) is 0 Å². The SMILES string of the molecule is CC12C=CC=CC1c1ccccc1C21c2ccccc2-c2cc(B(c3ccccc3)c3ccccc3)ccc21. The molecule has 5 aromatic rings. The predicted molar refractivity (Wildman–Crippen MR) is 165 cm³/mol. The number of allylic oxidation sites excluding steroid dienone is 4. The normalized spacial score (nSPS) is 23.3. The van der Waals surface area contributed by atoms with Gasteiger partial charge in [-0.1, -0.05) is 175 Å². The van der Waals surface area contributed by atoms with Gasteiger partial charge < -0.3 is 0 Å². The molecule has 0 saturated heterocycles. The fraction of sp³-hybridized carbons (Fsp3) is 0.105. The summed E-state index contributed by atoms with van der Waals surface area (Å²) in [5.41, 5.74) is 12.2. The number of fused-ring (bicyclic) bond motifs is 10. The number of benzene rings is 5. The van der Waals surface area contributed by atoms with Crippen molar-refractivity contribution in [2.45, 2.75) is 18.3 Å². The largest absolute Gasteiger partial charge is 0.241 e. The number of hydrogen-bond acceptors (Lipinski definition) is 0. The first-order valence-electron chi connectivity index (χ1n) is 14.0. The van der Waals surface area contributed by atoms with Crippen molar-refractivity contribution in [2.75, 3.05) is 0 Å². The zero-order chi connectivity index (χ0) is 26.0. The Kier molecular flexibility index (Phi) is 4.82. The maximum Gasteiger partial charge on any atom is 0.241 e. The van der Waals surface area contributed by atoms with Crippen LogP contribution in [0.25, 0.3) is 11.1 Å². The highest BCUT2D eigenvalue weighted by molar-refractivity contribution is 6.95. The van der Waals surface area contributed by atoms with E-state index in [1.54, 1.807) is 0 Å². The molecule has 5 aromatic carbocycles. The summed E-state index contributed by atoms with van der Waals surface area (Å²) < 4.78 is 0. The maximum atomic E-state index is 2.50. The molecule has 3 atom stereocenters. The number of rotatable bonds is 3. The van der Waals surface area contributed by atoms with Gasteiger partial charge in [-0.05, 0) is 33.4 Å². The molecule has 3 aliphatic rings. The molecular formula is C38H29B. The van der Waals surface area contributed by atoms with Crippen molar-refractivity contribution in [1.82, 2.24) is 0 Å². The number of hydrogen-bond donors (Lipinski definition) is 0. The minimum Gasteiger partial charge on any atom is -0.0761 e. The smallest absolute Gasteiger partial charge is 0.0761 e. The lowest BCUT2D eigenvalue weighted by atomic mass is 9.36. The summed E-state index contributed by atoms with van der Waals surface area (Å²) in [7, 11) is 0. The molecular weight excluding hydrogens is 467 g/mol. The van der Waals surface area contributed by atoms with Crippen LogP contribution in [-0.4, -0.2) is 6.71 Å². The highest BCUT2D eigenvalue weighted by Gasteiger charge is 2.63. The van der Waals surface area contributed by atoms with E-state index in [9.17, 15) is 0 Å². The zero-order valence-electron chi connectivity index (χ0n) is 22.1. The third-order valence-corrected chi connectivity index (χ3v) is 9.68. The van der Waals surface area contributed by atoms with Crippen molar-refractivity contribution in [3.05, 3.63) is 174 Å². The molecule has 0 saturated carbocycles. The van der Waals surface area contributed by atoms with E-state index in [0.717, 1.165) is 0 Å². The maximum absolute atomic E-state index is 2.50. The molecule has 0 fully saturated rings. The fourth-order valence-corrected chi connectivity index (χ4v) is 8.14. The summed E-state index contributed by atoms with van der Waals surface area (Å²) >= 11 is 0. The van der Waals surface area contributed by atoms with E-state index in [2.05, 4.69) is 159 Å². The standard InChI is InChI=1S/C38H29B/c1-37-25-13-12-20-33(37)31-19-9-11-22-35(31)38(37)34-21-10-8-18-30(34)32-26-29(23-24-36(32)38)39(27-14-4-2-5-15-27)28-16-6-3-7-17-28/h2-26,33H,1H3. The van der Waals surface area contributed by atoms with E-state index in [-0.39, 0.29) is 17.5 Å². The van der Waals surface area contributed by atoms with Crippen LogP contribution in [0.4, 0.5) is 0 Å². The summed E-state index contributed by atoms with van der Waals surface area (Å²) in [5.74, 6) is 0.346. The van der Waals surface area contributed by atoms with E-state index in [1.165, 1.54) is 49.8 Å². The molecule has 0 aliphatic heterocycles. The molecule has 3 unspecified atom stereocenters. The predicted octanol–water partition coefficient (Wildman–Crippen LogP) is 6.75. The molecule has 1 heteroatoms. The fourth-order valence-electron chi connectivity index (χ4n) is 8.14. The first kappa shape index (κ1) is 22.6. The third kappa shape index (κ3) is 2.91. The Morgan fingerprint density at radius 1 is 0.538 bits per heavy atom. The van der Waals surface area contributed by atoms with Gasteiger partial charge in [-0.25, -0.2) is 0 Å². The van der Waals surface area contributed by atoms with Gasteiger partial charge in [0.05, 0.1) is 5.41 Å². The van der Waals surface area contributed by atoms with Crippen LogP contribution in [-0.2, 0) is 5.41 Å². The highest BCUT2D eigenvalue weighted by atomic mass is 14.6. The Labute approximate surface area is 231 Å². The Balaban J connectivity index is 1.42. The van der Waals surface area contributed by atoms with E-state index < -0.39 is 0 Å². The van der Waals surface area contributed by atoms with E-state index in [0.29, 0.717) is 5.92 Å². The topological polar surface area (TPSA) is 0 Å². The second-order valence-electron chi connectivity index (χ2n) is 11.4. The average Bonchev–Trinajstić information content (AvgIpc) is 3.42. The van der Waals surface area contributed by atoms with Crippen molar-refractivity contribution in [1.29, 1.82) is 0 Å². The van der Waals surface area contributed by atoms with Crippen LogP contribution in [0.1, 0.15) is 35.1 Å². The summed E-state index contributed by atoms with van der Waals surface area (Å²) in [6, 6.07) is 47.6. The summed E-state index contributed by atoms with van der Waals surface area (Å²) in [5, 5.41) is 0. The molecule has 184 valence electrons. The van der Waals surface area contributed by atoms with Gasteiger partial charge >= 0.3 is 0 Å². The van der Waals surface area contributed by atoms with Crippen molar-refractivity contribution in [2.24, 2.45) is 5.41 Å². The first-order valence-corrected chi connectivity index (χ1v) is 14.0. The van der Waals surface area contributed by atoms with Crippen LogP contribution in [0.2, 0.25) is 0 Å². The van der Waals surface area contributed by atoms with E-state index in [1.807, 2.05) is 0 Å². The molecule has 0 aromatic heterocycles. The van der Waals surface area contributed by atoms with Crippen LogP contribution < -0.4 is 16.4 Å². The van der Waals surface area contributed by atoms with Crippen LogP contribution in [0.15, 0.2) is 152 Å². The van der Waals surface area contributed by atoms with Crippen LogP contribution in [0.5, 0.6) is 0 Å². The second kappa shape index (κ2) is 8.32. The molecule has 0 bridgehead atoms. The van der Waals surface area contributed by atoms with Gasteiger partial charge in [-0.2, -0.15) is 0 Å². The molecule has 3 aliphatic carbocycles. The molecule has 1 spiro atoms. The van der Waals surface area contributed by atoms with Gasteiger partial charge in [0.1, 0.15) is 0 Å². The lowest BCUT2D eigenvalue weighted by Crippen LogP contribution is -2.52. The Bertz CT molecular complexity index is 1740. The second-order valence-corrected chi connectivity index (χ2v) is 11.4. The third-order valence-electron chi connectivity index (χ3n) is 9.68. The van der Waals surface area contributed by atoms with Crippen LogP contribution >= 0.6 is 0 Å². The zero-order valence-corrected chi connectivity index (χ0v) is 22.1. The average molecular weight is 496 g/mol. The van der Waals surface area contributed by atoms with Crippen LogP contribution in [0.3, 0.4) is 0 Å². The van der Waals surface area contributed by atoms with Crippen LogP contribution in [0, 0.1) is 5.41 Å². The van der Waals surface area contributed by atoms with Gasteiger partial charge in [-0.15, -0.1) is 0 Å². The monoisotopic (exact) mass is 496 g/mol. The van der Waals surface area contributed by atoms with Gasteiger partial charge in [0, 0.05) is 11.3 Å². The first-order chi connectivity index (χ1) is 19.2. The van der Waals surface area contributed by atoms with Crippen molar-refractivity contribution < 1.29 is 0 Å². The molecule has 0 amide bonds. The van der Waals surface area contributed by atoms with Crippen molar-refractivity contribution >= 4 is 23.1 Å². The minimum absolute atomic E-state index is 0.0907. The quantitative estimate of drug-likeness (QED) is 0.243. The lowest BCUT2D eigenvalue weighted by molar-refractivity contribution is 0.294. The lowest BCUT2D eigenvalue weighted by Gasteiger charge is -2.45. The summed E-state index contributed by atoms with van der Waals surface area (Å²) in [6.45, 7) is 2.66. The molecule has 39 heavy (non-hydrogen) atoms. The van der Waals surface area contributed by atoms with E-state index in [4.69, 9.17) is 0 Å².